The van der Waals surface area contributed by atoms with Crippen LogP contribution in [0.4, 0.5) is 5.82 Å². The van der Waals surface area contributed by atoms with Crippen LogP contribution in [0.25, 0.3) is 0 Å². The maximum absolute atomic E-state index is 11.7. The largest absolute Gasteiger partial charge is 0.375 e. The van der Waals surface area contributed by atoms with E-state index in [-0.39, 0.29) is 11.5 Å². The summed E-state index contributed by atoms with van der Waals surface area (Å²) in [6, 6.07) is 3.82. The summed E-state index contributed by atoms with van der Waals surface area (Å²) >= 11 is 0. The molecule has 0 saturated carbocycles. The van der Waals surface area contributed by atoms with E-state index in [2.05, 4.69) is 29.4 Å². The lowest BCUT2D eigenvalue weighted by atomic mass is 9.94. The van der Waals surface area contributed by atoms with Gasteiger partial charge in [0.1, 0.15) is 5.82 Å². The van der Waals surface area contributed by atoms with Gasteiger partial charge in [-0.3, -0.25) is 4.79 Å². The van der Waals surface area contributed by atoms with Gasteiger partial charge in [-0.25, -0.2) is 0 Å². The second-order valence-electron chi connectivity index (χ2n) is 5.95. The number of ether oxygens (including phenoxy) is 1. The van der Waals surface area contributed by atoms with Gasteiger partial charge >= 0.3 is 0 Å². The Kier molecular flexibility index (Phi) is 4.23. The van der Waals surface area contributed by atoms with Gasteiger partial charge in [-0.15, -0.1) is 10.2 Å². The highest BCUT2D eigenvalue weighted by atomic mass is 16.5. The molecule has 0 spiro atoms. The smallest absolute Gasteiger partial charge is 0.273 e. The number of nitrogens with zero attached hydrogens (tertiary/aromatic N) is 3. The summed E-state index contributed by atoms with van der Waals surface area (Å²) in [5.74, 6) is 0.555. The molecule has 1 amide bonds. The Balaban J connectivity index is 1.99. The summed E-state index contributed by atoms with van der Waals surface area (Å²) in [7, 11) is 3.39. The summed E-state index contributed by atoms with van der Waals surface area (Å²) in [5, 5.41) is 11.4. The first-order chi connectivity index (χ1) is 9.37. The highest BCUT2D eigenvalue weighted by Crippen LogP contribution is 2.25. The Morgan fingerprint density at radius 2 is 2.15 bits per heavy atom. The van der Waals surface area contributed by atoms with Gasteiger partial charge in [0.15, 0.2) is 5.69 Å². The lowest BCUT2D eigenvalue weighted by molar-refractivity contribution is -0.0553. The Labute approximate surface area is 119 Å². The average molecular weight is 278 g/mol. The van der Waals surface area contributed by atoms with Crippen LogP contribution in [-0.4, -0.2) is 53.3 Å². The van der Waals surface area contributed by atoms with Gasteiger partial charge in [-0.05, 0) is 38.8 Å². The van der Waals surface area contributed by atoms with Crippen LogP contribution < -0.4 is 5.32 Å². The van der Waals surface area contributed by atoms with Gasteiger partial charge in [0.2, 0.25) is 0 Å². The van der Waals surface area contributed by atoms with Crippen LogP contribution in [0.15, 0.2) is 12.1 Å². The van der Waals surface area contributed by atoms with Crippen LogP contribution in [0.5, 0.6) is 0 Å². The fourth-order valence-corrected chi connectivity index (χ4v) is 2.32. The molecule has 1 aliphatic heterocycles. The van der Waals surface area contributed by atoms with E-state index in [0.29, 0.717) is 17.6 Å². The van der Waals surface area contributed by atoms with E-state index < -0.39 is 0 Å². The van der Waals surface area contributed by atoms with Crippen LogP contribution >= 0.6 is 0 Å². The van der Waals surface area contributed by atoms with Crippen LogP contribution in [0.2, 0.25) is 0 Å². The summed E-state index contributed by atoms with van der Waals surface area (Å²) in [5.41, 5.74) is 0.248. The van der Waals surface area contributed by atoms with Gasteiger partial charge in [0, 0.05) is 26.7 Å². The van der Waals surface area contributed by atoms with Crippen molar-refractivity contribution in [2.75, 3.05) is 26.0 Å². The van der Waals surface area contributed by atoms with Gasteiger partial charge in [-0.2, -0.15) is 0 Å². The topological polar surface area (TPSA) is 67.4 Å². The molecular formula is C14H22N4O2. The molecular weight excluding hydrogens is 256 g/mol. The molecule has 1 N–H and O–H groups in total. The predicted octanol–water partition coefficient (Wildman–Crippen LogP) is 1.55. The third kappa shape index (κ3) is 3.66. The third-order valence-corrected chi connectivity index (χ3v) is 3.34. The molecule has 1 aromatic heterocycles. The number of carbonyl (C=O) groups is 1. The second kappa shape index (κ2) is 5.75. The molecule has 1 aromatic rings. The molecule has 2 heterocycles. The van der Waals surface area contributed by atoms with Crippen molar-refractivity contribution in [1.29, 1.82) is 0 Å². The number of aromatic nitrogens is 2. The molecule has 20 heavy (non-hydrogen) atoms. The Morgan fingerprint density at radius 1 is 1.40 bits per heavy atom. The molecule has 0 aromatic carbocycles. The zero-order valence-corrected chi connectivity index (χ0v) is 12.5. The molecule has 0 aliphatic carbocycles. The van der Waals surface area contributed by atoms with Crippen molar-refractivity contribution < 1.29 is 9.53 Å². The zero-order valence-electron chi connectivity index (χ0n) is 12.5. The van der Waals surface area contributed by atoms with Crippen molar-refractivity contribution in [3.63, 3.8) is 0 Å². The van der Waals surface area contributed by atoms with Gasteiger partial charge < -0.3 is 15.0 Å². The van der Waals surface area contributed by atoms with E-state index in [1.165, 1.54) is 4.90 Å². The summed E-state index contributed by atoms with van der Waals surface area (Å²) in [6.07, 6.45) is 1.87. The Hall–Kier alpha value is -1.69. The number of hydrogen-bond acceptors (Lipinski definition) is 5. The molecule has 1 unspecified atom stereocenters. The first-order valence-corrected chi connectivity index (χ1v) is 6.83. The number of rotatable bonds is 3. The molecule has 1 atom stereocenters. The van der Waals surface area contributed by atoms with Crippen molar-refractivity contribution in [1.82, 2.24) is 15.1 Å². The Morgan fingerprint density at radius 3 is 2.70 bits per heavy atom. The second-order valence-corrected chi connectivity index (χ2v) is 5.95. The van der Waals surface area contributed by atoms with Crippen molar-refractivity contribution in [3.05, 3.63) is 17.8 Å². The minimum atomic E-state index is -0.142. The fourth-order valence-electron chi connectivity index (χ4n) is 2.32. The van der Waals surface area contributed by atoms with Gasteiger partial charge in [-0.1, -0.05) is 0 Å². The van der Waals surface area contributed by atoms with Crippen LogP contribution in [-0.2, 0) is 4.74 Å². The number of nitrogens with one attached hydrogen (secondary N) is 1. The minimum Gasteiger partial charge on any atom is -0.375 e. The molecule has 1 saturated heterocycles. The molecule has 0 radical (unpaired) electrons. The van der Waals surface area contributed by atoms with E-state index in [4.69, 9.17) is 4.74 Å². The van der Waals surface area contributed by atoms with Gasteiger partial charge in [0.05, 0.1) is 5.60 Å². The predicted molar refractivity (Wildman–Crippen MR) is 76.7 cm³/mol. The maximum Gasteiger partial charge on any atom is 0.273 e. The molecule has 1 fully saturated rings. The Bertz CT molecular complexity index is 471. The number of amides is 1. The lowest BCUT2D eigenvalue weighted by Gasteiger charge is -2.35. The van der Waals surface area contributed by atoms with E-state index in [9.17, 15) is 4.79 Å². The molecule has 1 aliphatic rings. The lowest BCUT2D eigenvalue weighted by Crippen LogP contribution is -2.40. The molecule has 6 heteroatoms. The molecule has 0 bridgehead atoms. The highest BCUT2D eigenvalue weighted by molar-refractivity contribution is 5.91. The summed E-state index contributed by atoms with van der Waals surface area (Å²) in [4.78, 5) is 13.2. The standard InChI is InChI=1S/C14H22N4O2/c1-14(2)9-10(7-8-20-14)15-12-6-5-11(16-17-12)13(19)18(3)4/h5-6,10H,7-9H2,1-4H3,(H,15,17). The number of hydrogen-bond donors (Lipinski definition) is 1. The van der Waals surface area contributed by atoms with Crippen molar-refractivity contribution in [3.8, 4) is 0 Å². The zero-order chi connectivity index (χ0) is 14.8. The van der Waals surface area contributed by atoms with Crippen molar-refractivity contribution >= 4 is 11.7 Å². The van der Waals surface area contributed by atoms with Crippen molar-refractivity contribution in [2.45, 2.75) is 38.3 Å². The number of carbonyl (C=O) groups excluding carboxylic acids is 1. The van der Waals surface area contributed by atoms with Crippen LogP contribution in [0, 0.1) is 0 Å². The SMILES string of the molecule is CN(C)C(=O)c1ccc(NC2CCOC(C)(C)C2)nn1. The van der Waals surface area contributed by atoms with Gasteiger partial charge in [0.25, 0.3) is 5.91 Å². The van der Waals surface area contributed by atoms with Crippen LogP contribution in [0.1, 0.15) is 37.2 Å². The fraction of sp³-hybridized carbons (Fsp3) is 0.643. The maximum atomic E-state index is 11.7. The van der Waals surface area contributed by atoms with E-state index in [1.807, 2.05) is 0 Å². The molecule has 110 valence electrons. The van der Waals surface area contributed by atoms with E-state index >= 15 is 0 Å². The normalized spacial score (nSPS) is 21.3. The number of anilines is 1. The van der Waals surface area contributed by atoms with E-state index in [1.54, 1.807) is 26.2 Å². The summed E-state index contributed by atoms with van der Waals surface area (Å²) < 4.78 is 5.68. The molecule has 2 rings (SSSR count). The van der Waals surface area contributed by atoms with Crippen molar-refractivity contribution in [2.24, 2.45) is 0 Å². The third-order valence-electron chi connectivity index (χ3n) is 3.34. The highest BCUT2D eigenvalue weighted by Gasteiger charge is 2.28. The first kappa shape index (κ1) is 14.7. The van der Waals surface area contributed by atoms with Crippen LogP contribution in [0.3, 0.4) is 0 Å². The van der Waals surface area contributed by atoms with E-state index in [0.717, 1.165) is 19.4 Å². The average Bonchev–Trinajstić information content (AvgIpc) is 2.37. The summed E-state index contributed by atoms with van der Waals surface area (Å²) in [6.45, 7) is 4.92. The minimum absolute atomic E-state index is 0.107. The molecule has 6 nitrogen and oxygen atoms in total. The first-order valence-electron chi connectivity index (χ1n) is 6.83. The monoisotopic (exact) mass is 278 g/mol. The quantitative estimate of drug-likeness (QED) is 0.908.